The van der Waals surface area contributed by atoms with Gasteiger partial charge in [0.25, 0.3) is 0 Å². The third-order valence-electron chi connectivity index (χ3n) is 5.49. The normalized spacial score (nSPS) is 11.6. The first kappa shape index (κ1) is 20.4. The standard InChI is InChI=1S/C23H20ClFN6O/c1-14-11-15(2)30(27-14)10-9-21-26-22-18-5-3-4-6-20(18)29(23(32)31(22)28-21)13-16-7-8-17(25)12-19(16)24/h3-8,11-12H,9-10,13H2,1-2H3. The minimum Gasteiger partial charge on any atom is -0.287 e. The van der Waals surface area contributed by atoms with Gasteiger partial charge in [-0.3, -0.25) is 9.25 Å². The van der Waals surface area contributed by atoms with Gasteiger partial charge in [-0.2, -0.15) is 9.61 Å². The average Bonchev–Trinajstić information content (AvgIpc) is 3.33. The number of benzene rings is 2. The summed E-state index contributed by atoms with van der Waals surface area (Å²) in [5.74, 6) is 0.146. The lowest BCUT2D eigenvalue weighted by Gasteiger charge is -2.12. The lowest BCUT2D eigenvalue weighted by molar-refractivity contribution is 0.580. The molecule has 0 aliphatic carbocycles. The SMILES string of the molecule is Cc1cc(C)n(CCc2nc3c4ccccc4n(Cc4ccc(F)cc4Cl)c(=O)n3n2)n1. The number of aromatic nitrogens is 6. The van der Waals surface area contributed by atoms with Crippen LogP contribution < -0.4 is 5.69 Å². The van der Waals surface area contributed by atoms with E-state index in [1.807, 2.05) is 48.9 Å². The number of fused-ring (bicyclic) bond motifs is 3. The quantitative estimate of drug-likeness (QED) is 0.406. The number of nitrogens with zero attached hydrogens (tertiary/aromatic N) is 6. The maximum atomic E-state index is 13.5. The van der Waals surface area contributed by atoms with Crippen molar-refractivity contribution in [3.8, 4) is 0 Å². The summed E-state index contributed by atoms with van der Waals surface area (Å²) in [4.78, 5) is 18.0. The van der Waals surface area contributed by atoms with E-state index < -0.39 is 5.82 Å². The van der Waals surface area contributed by atoms with Crippen LogP contribution in [0.5, 0.6) is 0 Å². The Morgan fingerprint density at radius 2 is 1.88 bits per heavy atom. The van der Waals surface area contributed by atoms with Crippen LogP contribution in [0.2, 0.25) is 5.02 Å². The fourth-order valence-electron chi connectivity index (χ4n) is 3.96. The van der Waals surface area contributed by atoms with Gasteiger partial charge in [0, 0.05) is 29.1 Å². The zero-order valence-corrected chi connectivity index (χ0v) is 18.3. The van der Waals surface area contributed by atoms with Gasteiger partial charge in [0.1, 0.15) is 5.82 Å². The second kappa shape index (κ2) is 7.87. The van der Waals surface area contributed by atoms with Crippen LogP contribution in [0.4, 0.5) is 4.39 Å². The Hall–Kier alpha value is -3.52. The van der Waals surface area contributed by atoms with Gasteiger partial charge < -0.3 is 0 Å². The molecule has 0 saturated heterocycles. The van der Waals surface area contributed by atoms with Gasteiger partial charge in [0.15, 0.2) is 11.5 Å². The maximum Gasteiger partial charge on any atom is 0.351 e. The van der Waals surface area contributed by atoms with Crippen LogP contribution in [0, 0.1) is 19.7 Å². The molecule has 0 radical (unpaired) electrons. The Morgan fingerprint density at radius 1 is 1.06 bits per heavy atom. The van der Waals surface area contributed by atoms with E-state index in [9.17, 15) is 9.18 Å². The van der Waals surface area contributed by atoms with Crippen LogP contribution in [0.25, 0.3) is 16.6 Å². The molecule has 32 heavy (non-hydrogen) atoms. The van der Waals surface area contributed by atoms with E-state index in [0.717, 1.165) is 16.8 Å². The summed E-state index contributed by atoms with van der Waals surface area (Å²) in [6, 6.07) is 13.7. The van der Waals surface area contributed by atoms with E-state index in [0.29, 0.717) is 35.5 Å². The molecule has 5 aromatic rings. The minimum absolute atomic E-state index is 0.190. The van der Waals surface area contributed by atoms with E-state index in [1.54, 1.807) is 10.6 Å². The van der Waals surface area contributed by atoms with E-state index in [2.05, 4.69) is 15.2 Å². The van der Waals surface area contributed by atoms with Gasteiger partial charge in [-0.05, 0) is 49.7 Å². The Bertz CT molecular complexity index is 1530. The van der Waals surface area contributed by atoms with Crippen LogP contribution >= 0.6 is 11.6 Å². The highest BCUT2D eigenvalue weighted by molar-refractivity contribution is 6.31. The molecule has 0 aliphatic rings. The number of hydrogen-bond acceptors (Lipinski definition) is 4. The maximum absolute atomic E-state index is 13.5. The summed E-state index contributed by atoms with van der Waals surface area (Å²) in [5.41, 5.74) is 3.56. The summed E-state index contributed by atoms with van der Waals surface area (Å²) in [5, 5.41) is 10.0. The molecule has 7 nitrogen and oxygen atoms in total. The summed E-state index contributed by atoms with van der Waals surface area (Å²) in [6.07, 6.45) is 0.543. The van der Waals surface area contributed by atoms with Crippen molar-refractivity contribution in [2.75, 3.05) is 0 Å². The van der Waals surface area contributed by atoms with Crippen molar-refractivity contribution in [3.63, 3.8) is 0 Å². The molecule has 0 N–H and O–H groups in total. The molecule has 0 bridgehead atoms. The predicted molar refractivity (Wildman–Crippen MR) is 121 cm³/mol. The molecule has 0 atom stereocenters. The van der Waals surface area contributed by atoms with E-state index in [-0.39, 0.29) is 17.3 Å². The number of para-hydroxylation sites is 1. The molecule has 0 unspecified atom stereocenters. The monoisotopic (exact) mass is 450 g/mol. The number of halogens is 2. The molecule has 3 heterocycles. The zero-order chi connectivity index (χ0) is 22.4. The molecule has 0 amide bonds. The molecular weight excluding hydrogens is 431 g/mol. The first-order valence-corrected chi connectivity index (χ1v) is 10.6. The van der Waals surface area contributed by atoms with Crippen molar-refractivity contribution in [2.45, 2.75) is 33.4 Å². The highest BCUT2D eigenvalue weighted by Crippen LogP contribution is 2.22. The Morgan fingerprint density at radius 3 is 2.62 bits per heavy atom. The highest BCUT2D eigenvalue weighted by atomic mass is 35.5. The Kier molecular flexibility index (Phi) is 5.01. The van der Waals surface area contributed by atoms with Crippen molar-refractivity contribution in [2.24, 2.45) is 0 Å². The number of hydrogen-bond donors (Lipinski definition) is 0. The molecule has 0 spiro atoms. The van der Waals surface area contributed by atoms with Crippen molar-refractivity contribution in [1.29, 1.82) is 0 Å². The van der Waals surface area contributed by atoms with Crippen LogP contribution in [0.15, 0.2) is 53.3 Å². The zero-order valence-electron chi connectivity index (χ0n) is 17.6. The molecule has 0 aliphatic heterocycles. The molecule has 0 fully saturated rings. The largest absolute Gasteiger partial charge is 0.351 e. The summed E-state index contributed by atoms with van der Waals surface area (Å²) >= 11 is 6.22. The topological polar surface area (TPSA) is 70.0 Å². The first-order chi connectivity index (χ1) is 15.4. The summed E-state index contributed by atoms with van der Waals surface area (Å²) < 4.78 is 18.3. The average molecular weight is 451 g/mol. The Labute approximate surface area is 187 Å². The highest BCUT2D eigenvalue weighted by Gasteiger charge is 2.16. The molecule has 2 aromatic carbocycles. The van der Waals surface area contributed by atoms with Gasteiger partial charge in [0.05, 0.1) is 17.8 Å². The van der Waals surface area contributed by atoms with Gasteiger partial charge >= 0.3 is 5.69 Å². The van der Waals surface area contributed by atoms with Gasteiger partial charge in [-0.1, -0.05) is 29.8 Å². The van der Waals surface area contributed by atoms with Crippen LogP contribution in [-0.2, 0) is 19.5 Å². The smallest absolute Gasteiger partial charge is 0.287 e. The van der Waals surface area contributed by atoms with Crippen molar-refractivity contribution in [1.82, 2.24) is 28.9 Å². The minimum atomic E-state index is -0.421. The van der Waals surface area contributed by atoms with Crippen LogP contribution in [0.3, 0.4) is 0 Å². The van der Waals surface area contributed by atoms with Crippen molar-refractivity contribution < 1.29 is 4.39 Å². The van der Waals surface area contributed by atoms with Gasteiger partial charge in [0.2, 0.25) is 0 Å². The van der Waals surface area contributed by atoms with Crippen molar-refractivity contribution in [3.05, 3.63) is 92.6 Å². The van der Waals surface area contributed by atoms with Gasteiger partial charge in [-0.15, -0.1) is 5.10 Å². The molecule has 9 heteroatoms. The van der Waals surface area contributed by atoms with Crippen LogP contribution in [-0.4, -0.2) is 28.9 Å². The second-order valence-electron chi connectivity index (χ2n) is 7.79. The lowest BCUT2D eigenvalue weighted by atomic mass is 10.2. The van der Waals surface area contributed by atoms with E-state index in [4.69, 9.17) is 11.6 Å². The second-order valence-corrected chi connectivity index (χ2v) is 8.19. The van der Waals surface area contributed by atoms with Gasteiger partial charge in [-0.25, -0.2) is 14.2 Å². The number of aryl methyl sites for hydroxylation is 4. The third kappa shape index (κ3) is 3.56. The molecule has 162 valence electrons. The fourth-order valence-corrected chi connectivity index (χ4v) is 4.19. The van der Waals surface area contributed by atoms with Crippen LogP contribution in [0.1, 0.15) is 22.8 Å². The number of rotatable bonds is 5. The van der Waals surface area contributed by atoms with E-state index in [1.165, 1.54) is 16.6 Å². The molecule has 0 saturated carbocycles. The summed E-state index contributed by atoms with van der Waals surface area (Å²) in [7, 11) is 0. The molecular formula is C23H20ClFN6O. The first-order valence-electron chi connectivity index (χ1n) is 10.2. The fraction of sp³-hybridized carbons (Fsp3) is 0.217. The third-order valence-corrected chi connectivity index (χ3v) is 5.84. The van der Waals surface area contributed by atoms with Crippen molar-refractivity contribution >= 4 is 28.2 Å². The Balaban J connectivity index is 1.59. The van der Waals surface area contributed by atoms with E-state index >= 15 is 0 Å². The lowest BCUT2D eigenvalue weighted by Crippen LogP contribution is -2.28. The molecule has 3 aromatic heterocycles. The summed E-state index contributed by atoms with van der Waals surface area (Å²) in [6.45, 7) is 4.77. The predicted octanol–water partition coefficient (Wildman–Crippen LogP) is 3.94. The molecule has 5 rings (SSSR count).